The lowest BCUT2D eigenvalue weighted by molar-refractivity contribution is 0.201. The lowest BCUT2D eigenvalue weighted by Crippen LogP contribution is -2.44. The quantitative estimate of drug-likeness (QED) is 0.108. The molecule has 0 atom stereocenters. The number of likely N-dealkylation sites (tertiary alicyclic amines) is 1. The summed E-state index contributed by atoms with van der Waals surface area (Å²) in [4.78, 5) is 14.6. The Hall–Kier alpha value is -4.61. The molecule has 57 heavy (non-hydrogen) atoms. The van der Waals surface area contributed by atoms with E-state index >= 15 is 0 Å². The topological polar surface area (TPSA) is 87.6 Å². The van der Waals surface area contributed by atoms with Gasteiger partial charge in [-0.15, -0.1) is 37.2 Å². The molecule has 1 aliphatic heterocycles. The summed E-state index contributed by atoms with van der Waals surface area (Å²) in [6.45, 7) is 3.64. The number of nitrogens with zero attached hydrogens (tertiary/aromatic N) is 4. The second-order valence-corrected chi connectivity index (χ2v) is 13.9. The highest BCUT2D eigenvalue weighted by Gasteiger charge is 2.27. The molecule has 0 N–H and O–H groups in total. The van der Waals surface area contributed by atoms with Crippen molar-refractivity contribution >= 4 is 42.9 Å². The van der Waals surface area contributed by atoms with Gasteiger partial charge in [0.2, 0.25) is 11.5 Å². The number of benzene rings is 3. The van der Waals surface area contributed by atoms with E-state index < -0.39 is 0 Å². The predicted octanol–water partition coefficient (Wildman–Crippen LogP) is 9.29. The average Bonchev–Trinajstić information content (AvgIpc) is 3.70. The van der Waals surface area contributed by atoms with Crippen LogP contribution in [0, 0.1) is 0 Å². The highest BCUT2D eigenvalue weighted by molar-refractivity contribution is 5.86. The molecule has 7 rings (SSSR count). The Bertz CT molecular complexity index is 2050. The van der Waals surface area contributed by atoms with E-state index in [4.69, 9.17) is 38.4 Å². The van der Waals surface area contributed by atoms with Crippen LogP contribution in [-0.2, 0) is 25.9 Å². The molecule has 0 bridgehead atoms. The fourth-order valence-corrected chi connectivity index (χ4v) is 7.93. The van der Waals surface area contributed by atoms with Crippen LogP contribution in [0.2, 0.25) is 0 Å². The minimum absolute atomic E-state index is 0. The summed E-state index contributed by atoms with van der Waals surface area (Å²) >= 11 is 0. The van der Waals surface area contributed by atoms with Crippen molar-refractivity contribution in [2.75, 3.05) is 60.6 Å². The Morgan fingerprint density at radius 1 is 0.579 bits per heavy atom. The molecule has 10 nitrogen and oxygen atoms in total. The largest absolute Gasteiger partial charge is 0.493 e. The molecule has 2 aromatic heterocycles. The van der Waals surface area contributed by atoms with Gasteiger partial charge in [0.05, 0.1) is 54.0 Å². The van der Waals surface area contributed by atoms with Gasteiger partial charge in [-0.3, -0.25) is 14.9 Å². The number of pyridine rings is 2. The molecule has 0 radical (unpaired) electrons. The summed E-state index contributed by atoms with van der Waals surface area (Å²) in [6.07, 6.45) is 9.47. The van der Waals surface area contributed by atoms with Gasteiger partial charge in [0.15, 0.2) is 23.0 Å². The summed E-state index contributed by atoms with van der Waals surface area (Å²) in [6, 6.07) is 23.9. The standard InChI is InChI=1S/C44H50N4O6.3ClH/c1-49-39-23-33(24-40(50-2)43(39)53-5)37-20-29(12-16-45-37)27-47-18-14-35(15-19-47)48(36-11-10-31-8-7-9-32(31)22-36)28-30-13-17-46-38(21-30)34-25-41(51-3)44(54-6)42(26-34)52-4;;;/h10-13,16-17,20-26,35H,7-9,14-15,18-19,27-28H2,1-6H3;3*1H. The number of halogens is 3. The fourth-order valence-electron chi connectivity index (χ4n) is 7.93. The van der Waals surface area contributed by atoms with Gasteiger partial charge in [-0.25, -0.2) is 0 Å². The highest BCUT2D eigenvalue weighted by atomic mass is 35.5. The maximum atomic E-state index is 5.64. The lowest BCUT2D eigenvalue weighted by atomic mass is 9.99. The molecule has 1 fully saturated rings. The van der Waals surface area contributed by atoms with Gasteiger partial charge < -0.3 is 33.3 Å². The van der Waals surface area contributed by atoms with E-state index in [1.807, 2.05) is 36.7 Å². The van der Waals surface area contributed by atoms with Gasteiger partial charge in [-0.2, -0.15) is 0 Å². The second-order valence-electron chi connectivity index (χ2n) is 13.9. The van der Waals surface area contributed by atoms with Crippen LogP contribution in [0.5, 0.6) is 34.5 Å². The molecule has 0 amide bonds. The first-order chi connectivity index (χ1) is 26.4. The van der Waals surface area contributed by atoms with Gasteiger partial charge in [0.25, 0.3) is 0 Å². The number of hydrogen-bond acceptors (Lipinski definition) is 10. The first-order valence-electron chi connectivity index (χ1n) is 18.6. The number of piperidine rings is 1. The van der Waals surface area contributed by atoms with Crippen LogP contribution >= 0.6 is 37.2 Å². The zero-order valence-corrected chi connectivity index (χ0v) is 35.9. The van der Waals surface area contributed by atoms with Gasteiger partial charge in [0, 0.05) is 61.4 Å². The van der Waals surface area contributed by atoms with Crippen molar-refractivity contribution < 1.29 is 28.4 Å². The maximum Gasteiger partial charge on any atom is 0.203 e. The van der Waals surface area contributed by atoms with E-state index in [1.54, 1.807) is 42.7 Å². The summed E-state index contributed by atoms with van der Waals surface area (Å²) < 4.78 is 33.6. The first-order valence-corrected chi connectivity index (χ1v) is 18.6. The first kappa shape index (κ1) is 45.1. The molecule has 306 valence electrons. The molecule has 0 spiro atoms. The summed E-state index contributed by atoms with van der Waals surface area (Å²) in [7, 11) is 9.76. The van der Waals surface area contributed by atoms with Crippen molar-refractivity contribution in [1.29, 1.82) is 0 Å². The van der Waals surface area contributed by atoms with Crippen LogP contribution < -0.4 is 33.3 Å². The molecule has 0 saturated carbocycles. The van der Waals surface area contributed by atoms with E-state index in [1.165, 1.54) is 40.8 Å². The van der Waals surface area contributed by atoms with Gasteiger partial charge in [-0.1, -0.05) is 6.07 Å². The molecule has 3 aromatic carbocycles. The number of aromatic nitrogens is 2. The molecule has 5 aromatic rings. The zero-order chi connectivity index (χ0) is 37.6. The van der Waals surface area contributed by atoms with Crippen LogP contribution in [0.4, 0.5) is 5.69 Å². The Labute approximate surface area is 355 Å². The molecule has 1 aliphatic carbocycles. The number of rotatable bonds is 14. The van der Waals surface area contributed by atoms with Crippen molar-refractivity contribution in [3.05, 3.63) is 101 Å². The van der Waals surface area contributed by atoms with Crippen LogP contribution in [0.25, 0.3) is 22.5 Å². The molecular formula is C44H53Cl3N4O6. The van der Waals surface area contributed by atoms with Gasteiger partial charge in [0.1, 0.15) is 0 Å². The van der Waals surface area contributed by atoms with Gasteiger partial charge in [-0.05, 0) is 115 Å². The molecule has 13 heteroatoms. The third-order valence-corrected chi connectivity index (χ3v) is 10.7. The normalized spacial score (nSPS) is 13.6. The summed E-state index contributed by atoms with van der Waals surface area (Å²) in [5.74, 6) is 3.57. The van der Waals surface area contributed by atoms with Gasteiger partial charge >= 0.3 is 0 Å². The maximum absolute atomic E-state index is 5.64. The molecule has 0 unspecified atom stereocenters. The fraction of sp³-hybridized carbons (Fsp3) is 0.364. The minimum Gasteiger partial charge on any atom is -0.493 e. The number of ether oxygens (including phenoxy) is 6. The van der Waals surface area contributed by atoms with Crippen LogP contribution in [0.1, 0.15) is 41.5 Å². The van der Waals surface area contributed by atoms with Crippen molar-refractivity contribution in [2.45, 2.75) is 51.2 Å². The third kappa shape index (κ3) is 9.92. The zero-order valence-electron chi connectivity index (χ0n) is 33.4. The monoisotopic (exact) mass is 838 g/mol. The Morgan fingerprint density at radius 3 is 1.58 bits per heavy atom. The average molecular weight is 840 g/mol. The van der Waals surface area contributed by atoms with E-state index in [-0.39, 0.29) is 37.2 Å². The summed E-state index contributed by atoms with van der Waals surface area (Å²) in [5.41, 5.74) is 10.3. The van der Waals surface area contributed by atoms with Crippen molar-refractivity contribution in [3.63, 3.8) is 0 Å². The number of anilines is 1. The highest BCUT2D eigenvalue weighted by Crippen LogP contribution is 2.42. The third-order valence-electron chi connectivity index (χ3n) is 10.7. The Balaban J connectivity index is 0.00000240. The minimum atomic E-state index is 0. The molecular weight excluding hydrogens is 787 g/mol. The van der Waals surface area contributed by atoms with Crippen LogP contribution in [0.3, 0.4) is 0 Å². The van der Waals surface area contributed by atoms with E-state index in [0.717, 1.165) is 68.0 Å². The summed E-state index contributed by atoms with van der Waals surface area (Å²) in [5, 5.41) is 0. The van der Waals surface area contributed by atoms with Crippen molar-refractivity contribution in [3.8, 4) is 57.0 Å². The van der Waals surface area contributed by atoms with E-state index in [2.05, 4.69) is 52.3 Å². The van der Waals surface area contributed by atoms with E-state index in [0.29, 0.717) is 40.5 Å². The molecule has 1 saturated heterocycles. The number of fused-ring (bicyclic) bond motifs is 1. The lowest BCUT2D eigenvalue weighted by Gasteiger charge is -2.40. The Kier molecular flexibility index (Phi) is 16.4. The number of aryl methyl sites for hydroxylation is 2. The van der Waals surface area contributed by atoms with Crippen molar-refractivity contribution in [1.82, 2.24) is 14.9 Å². The van der Waals surface area contributed by atoms with Crippen LogP contribution in [-0.4, -0.2) is 76.7 Å². The van der Waals surface area contributed by atoms with Crippen molar-refractivity contribution in [2.24, 2.45) is 0 Å². The molecule has 3 heterocycles. The smallest absolute Gasteiger partial charge is 0.203 e. The number of methoxy groups -OCH3 is 6. The second kappa shape index (κ2) is 20.7. The predicted molar refractivity (Wildman–Crippen MR) is 233 cm³/mol. The SMILES string of the molecule is COc1cc(-c2cc(CN3CCC(N(Cc4ccnc(-c5cc(OC)c(OC)c(OC)c5)c4)c4ccc5c(c4)CCC5)CC3)ccn2)cc(OC)c1OC.Cl.Cl.Cl. The Morgan fingerprint density at radius 2 is 1.07 bits per heavy atom. The van der Waals surface area contributed by atoms with Crippen LogP contribution in [0.15, 0.2) is 79.1 Å². The molecule has 2 aliphatic rings. The number of hydrogen-bond donors (Lipinski definition) is 0. The van der Waals surface area contributed by atoms with E-state index in [9.17, 15) is 0 Å².